The maximum absolute atomic E-state index is 5.92. The summed E-state index contributed by atoms with van der Waals surface area (Å²) in [4.78, 5) is 9.25. The van der Waals surface area contributed by atoms with Crippen LogP contribution in [0.15, 0.2) is 24.3 Å². The van der Waals surface area contributed by atoms with Crippen molar-refractivity contribution >= 4 is 5.82 Å². The first-order valence-corrected chi connectivity index (χ1v) is 8.77. The van der Waals surface area contributed by atoms with Crippen molar-refractivity contribution in [2.75, 3.05) is 32.1 Å². The molecule has 0 spiro atoms. The number of nitrogens with zero attached hydrogens (tertiary/aromatic N) is 2. The van der Waals surface area contributed by atoms with Crippen molar-refractivity contribution < 1.29 is 9.47 Å². The van der Waals surface area contributed by atoms with Crippen LogP contribution in [0, 0.1) is 6.92 Å². The topological polar surface area (TPSA) is 68.3 Å². The molecule has 0 fully saturated rings. The van der Waals surface area contributed by atoms with Gasteiger partial charge in [-0.15, -0.1) is 0 Å². The second-order valence-corrected chi connectivity index (χ2v) is 6.30. The summed E-state index contributed by atoms with van der Waals surface area (Å²) in [6.07, 6.45) is 1.89. The zero-order valence-corrected chi connectivity index (χ0v) is 15.1. The van der Waals surface area contributed by atoms with Crippen molar-refractivity contribution in [2.45, 2.75) is 32.7 Å². The fourth-order valence-corrected chi connectivity index (χ4v) is 3.02. The number of hydrogen-bond donors (Lipinski definition) is 2. The smallest absolute Gasteiger partial charge is 0.161 e. The number of para-hydroxylation sites is 2. The number of anilines is 1. The quantitative estimate of drug-likeness (QED) is 0.840. The van der Waals surface area contributed by atoms with Gasteiger partial charge in [0.15, 0.2) is 11.5 Å². The number of hydrogen-bond acceptors (Lipinski definition) is 6. The van der Waals surface area contributed by atoms with Crippen LogP contribution < -0.4 is 20.1 Å². The summed E-state index contributed by atoms with van der Waals surface area (Å²) in [6.45, 7) is 6.49. The normalized spacial score (nSPS) is 15.0. The molecule has 1 aliphatic heterocycles. The summed E-state index contributed by atoms with van der Waals surface area (Å²) in [5, 5.41) is 6.92. The summed E-state index contributed by atoms with van der Waals surface area (Å²) < 4.78 is 11.2. The molecule has 2 heterocycles. The lowest BCUT2D eigenvalue weighted by Gasteiger charge is -2.19. The Bertz CT molecular complexity index is 721. The molecule has 0 aliphatic carbocycles. The van der Waals surface area contributed by atoms with Gasteiger partial charge in [-0.05, 0) is 38.9 Å². The molecule has 0 saturated carbocycles. The van der Waals surface area contributed by atoms with Crippen molar-refractivity contribution in [1.82, 2.24) is 15.3 Å². The SMILES string of the molecule is COc1ccccc1OCC(C)Nc1nc(C)nc2c1CCNCC2. The highest BCUT2D eigenvalue weighted by molar-refractivity contribution is 5.48. The Labute approximate surface area is 149 Å². The molecule has 0 amide bonds. The number of aromatic nitrogens is 2. The largest absolute Gasteiger partial charge is 0.493 e. The van der Waals surface area contributed by atoms with Crippen molar-refractivity contribution in [2.24, 2.45) is 0 Å². The highest BCUT2D eigenvalue weighted by Crippen LogP contribution is 2.26. The fourth-order valence-electron chi connectivity index (χ4n) is 3.02. The predicted molar refractivity (Wildman–Crippen MR) is 98.6 cm³/mol. The Morgan fingerprint density at radius 2 is 1.92 bits per heavy atom. The van der Waals surface area contributed by atoms with Gasteiger partial charge in [0.05, 0.1) is 18.8 Å². The molecular weight excluding hydrogens is 316 g/mol. The fraction of sp³-hybridized carbons (Fsp3) is 0.474. The first-order chi connectivity index (χ1) is 12.2. The van der Waals surface area contributed by atoms with Crippen LogP contribution >= 0.6 is 0 Å². The summed E-state index contributed by atoms with van der Waals surface area (Å²) in [7, 11) is 1.65. The molecule has 0 bridgehead atoms. The van der Waals surface area contributed by atoms with E-state index in [1.807, 2.05) is 31.2 Å². The highest BCUT2D eigenvalue weighted by atomic mass is 16.5. The molecule has 2 aromatic rings. The van der Waals surface area contributed by atoms with Crippen molar-refractivity contribution in [3.63, 3.8) is 0 Å². The van der Waals surface area contributed by atoms with E-state index in [2.05, 4.69) is 27.5 Å². The van der Waals surface area contributed by atoms with Crippen molar-refractivity contribution in [1.29, 1.82) is 0 Å². The van der Waals surface area contributed by atoms with E-state index in [4.69, 9.17) is 9.47 Å². The van der Waals surface area contributed by atoms with Crippen LogP contribution in [0.2, 0.25) is 0 Å². The van der Waals surface area contributed by atoms with E-state index in [0.29, 0.717) is 6.61 Å². The Kier molecular flexibility index (Phi) is 5.71. The van der Waals surface area contributed by atoms with Crippen LogP contribution in [0.25, 0.3) is 0 Å². The minimum Gasteiger partial charge on any atom is -0.493 e. The van der Waals surface area contributed by atoms with Gasteiger partial charge >= 0.3 is 0 Å². The Morgan fingerprint density at radius 3 is 2.72 bits per heavy atom. The number of aryl methyl sites for hydroxylation is 1. The van der Waals surface area contributed by atoms with Crippen molar-refractivity contribution in [3.05, 3.63) is 41.3 Å². The van der Waals surface area contributed by atoms with Crippen LogP contribution in [0.1, 0.15) is 24.0 Å². The van der Waals surface area contributed by atoms with Gasteiger partial charge in [0.2, 0.25) is 0 Å². The number of fused-ring (bicyclic) bond motifs is 1. The van der Waals surface area contributed by atoms with E-state index >= 15 is 0 Å². The summed E-state index contributed by atoms with van der Waals surface area (Å²) in [6, 6.07) is 7.79. The maximum atomic E-state index is 5.92. The molecular formula is C19H26N4O2. The minimum atomic E-state index is 0.111. The molecule has 1 atom stereocenters. The van der Waals surface area contributed by atoms with Crippen molar-refractivity contribution in [3.8, 4) is 11.5 Å². The minimum absolute atomic E-state index is 0.111. The lowest BCUT2D eigenvalue weighted by Crippen LogP contribution is -2.25. The second-order valence-electron chi connectivity index (χ2n) is 6.30. The van der Waals surface area contributed by atoms with Gasteiger partial charge in [0.1, 0.15) is 18.2 Å². The third kappa shape index (κ3) is 4.39. The zero-order valence-electron chi connectivity index (χ0n) is 15.1. The maximum Gasteiger partial charge on any atom is 0.161 e. The Morgan fingerprint density at radius 1 is 1.16 bits per heavy atom. The molecule has 1 aliphatic rings. The van der Waals surface area contributed by atoms with E-state index in [0.717, 1.165) is 54.8 Å². The van der Waals surface area contributed by atoms with Gasteiger partial charge in [0, 0.05) is 18.5 Å². The highest BCUT2D eigenvalue weighted by Gasteiger charge is 2.17. The molecule has 1 aromatic heterocycles. The molecule has 6 heteroatoms. The van der Waals surface area contributed by atoms with E-state index in [9.17, 15) is 0 Å². The average Bonchev–Trinajstić information content (AvgIpc) is 2.85. The van der Waals surface area contributed by atoms with Gasteiger partial charge in [0.25, 0.3) is 0 Å². The van der Waals surface area contributed by atoms with Gasteiger partial charge in [-0.25, -0.2) is 9.97 Å². The molecule has 6 nitrogen and oxygen atoms in total. The molecule has 134 valence electrons. The third-order valence-electron chi connectivity index (χ3n) is 4.24. The summed E-state index contributed by atoms with van der Waals surface area (Å²) >= 11 is 0. The van der Waals surface area contributed by atoms with E-state index in [1.54, 1.807) is 7.11 Å². The van der Waals surface area contributed by atoms with E-state index in [-0.39, 0.29) is 6.04 Å². The number of ether oxygens (including phenoxy) is 2. The van der Waals surface area contributed by atoms with Crippen LogP contribution in [0.4, 0.5) is 5.82 Å². The summed E-state index contributed by atoms with van der Waals surface area (Å²) in [5.41, 5.74) is 2.37. The van der Waals surface area contributed by atoms with Crippen LogP contribution in [0.3, 0.4) is 0 Å². The monoisotopic (exact) mass is 342 g/mol. The molecule has 1 aromatic carbocycles. The first-order valence-electron chi connectivity index (χ1n) is 8.77. The predicted octanol–water partition coefficient (Wildman–Crippen LogP) is 2.36. The number of nitrogens with one attached hydrogen (secondary N) is 2. The van der Waals surface area contributed by atoms with Gasteiger partial charge in [-0.1, -0.05) is 12.1 Å². The lowest BCUT2D eigenvalue weighted by atomic mass is 10.1. The lowest BCUT2D eigenvalue weighted by molar-refractivity contribution is 0.284. The standard InChI is InChI=1S/C19H26N4O2/c1-13(12-25-18-7-5-4-6-17(18)24-3)21-19-15-8-10-20-11-9-16(15)22-14(2)23-19/h4-7,13,20H,8-12H2,1-3H3,(H,21,22,23). The van der Waals surface area contributed by atoms with Gasteiger partial charge in [-0.3, -0.25) is 0 Å². The molecule has 0 saturated heterocycles. The molecule has 3 rings (SSSR count). The van der Waals surface area contributed by atoms with Crippen LogP contribution in [-0.2, 0) is 12.8 Å². The number of benzene rings is 1. The van der Waals surface area contributed by atoms with E-state index in [1.165, 1.54) is 5.56 Å². The average molecular weight is 342 g/mol. The number of rotatable bonds is 6. The molecule has 25 heavy (non-hydrogen) atoms. The molecule has 1 unspecified atom stereocenters. The van der Waals surface area contributed by atoms with Crippen LogP contribution in [0.5, 0.6) is 11.5 Å². The molecule has 0 radical (unpaired) electrons. The molecule has 2 N–H and O–H groups in total. The van der Waals surface area contributed by atoms with E-state index < -0.39 is 0 Å². The third-order valence-corrected chi connectivity index (χ3v) is 4.24. The van der Waals surface area contributed by atoms with Gasteiger partial charge < -0.3 is 20.1 Å². The van der Waals surface area contributed by atoms with Crippen LogP contribution in [-0.4, -0.2) is 42.8 Å². The first kappa shape index (κ1) is 17.5. The van der Waals surface area contributed by atoms with Gasteiger partial charge in [-0.2, -0.15) is 0 Å². The number of methoxy groups -OCH3 is 1. The summed E-state index contributed by atoms with van der Waals surface area (Å²) in [5.74, 6) is 3.23. The second kappa shape index (κ2) is 8.16. The Hall–Kier alpha value is -2.34. The zero-order chi connectivity index (χ0) is 17.6. The Balaban J connectivity index is 1.68.